The molecule has 3 rings (SSSR count). The number of para-hydroxylation sites is 1. The molecule has 0 spiro atoms. The number of anilines is 1. The van der Waals surface area contributed by atoms with Gasteiger partial charge in [-0.3, -0.25) is 0 Å². The van der Waals surface area contributed by atoms with Crippen molar-refractivity contribution in [1.29, 1.82) is 0 Å². The van der Waals surface area contributed by atoms with Crippen LogP contribution in [0.1, 0.15) is 17.2 Å². The van der Waals surface area contributed by atoms with Crippen LogP contribution in [0.3, 0.4) is 0 Å². The molecule has 0 amide bonds. The first-order valence-electron chi connectivity index (χ1n) is 7.13. The molecular formula is C18H19NS2. The molecule has 1 N–H and O–H groups in total. The van der Waals surface area contributed by atoms with Gasteiger partial charge < -0.3 is 5.32 Å². The lowest BCUT2D eigenvalue weighted by molar-refractivity contribution is 0.866. The lowest BCUT2D eigenvalue weighted by Crippen LogP contribution is -2.19. The summed E-state index contributed by atoms with van der Waals surface area (Å²) in [6, 6.07) is 17.7. The van der Waals surface area contributed by atoms with Crippen LogP contribution in [-0.4, -0.2) is 11.5 Å². The molecule has 0 radical (unpaired) electrons. The smallest absolute Gasteiger partial charge is 0.0607 e. The van der Waals surface area contributed by atoms with Crippen LogP contribution in [0, 0.1) is 0 Å². The van der Waals surface area contributed by atoms with E-state index >= 15 is 0 Å². The highest BCUT2D eigenvalue weighted by Crippen LogP contribution is 2.36. The summed E-state index contributed by atoms with van der Waals surface area (Å²) in [4.78, 5) is 1.30. The van der Waals surface area contributed by atoms with E-state index in [2.05, 4.69) is 60.4 Å². The van der Waals surface area contributed by atoms with Gasteiger partial charge in [-0.05, 0) is 23.3 Å². The Kier molecular flexibility index (Phi) is 4.94. The van der Waals surface area contributed by atoms with E-state index in [9.17, 15) is 0 Å². The maximum absolute atomic E-state index is 3.81. The summed E-state index contributed by atoms with van der Waals surface area (Å²) < 4.78 is 0. The molecule has 0 saturated heterocycles. The Morgan fingerprint density at radius 3 is 2.90 bits per heavy atom. The van der Waals surface area contributed by atoms with Crippen molar-refractivity contribution < 1.29 is 0 Å². The summed E-state index contributed by atoms with van der Waals surface area (Å²) in [5.41, 5.74) is 4.13. The molecule has 0 aromatic heterocycles. The Labute approximate surface area is 135 Å². The molecule has 108 valence electrons. The lowest BCUT2D eigenvalue weighted by atomic mass is 10.0. The Morgan fingerprint density at radius 2 is 2.00 bits per heavy atom. The number of benzene rings is 2. The Bertz CT molecular complexity index is 624. The Hall–Kier alpha value is -1.32. The average Bonchev–Trinajstić information content (AvgIpc) is 2.54. The van der Waals surface area contributed by atoms with Crippen LogP contribution in [0.2, 0.25) is 0 Å². The van der Waals surface area contributed by atoms with Gasteiger partial charge in [0.25, 0.3) is 0 Å². The summed E-state index contributed by atoms with van der Waals surface area (Å²) >= 11 is 3.83. The van der Waals surface area contributed by atoms with Gasteiger partial charge in [0.1, 0.15) is 0 Å². The van der Waals surface area contributed by atoms with Crippen LogP contribution < -0.4 is 5.32 Å². The van der Waals surface area contributed by atoms with Gasteiger partial charge >= 0.3 is 0 Å². The number of hydrogen-bond donors (Lipinski definition) is 1. The summed E-state index contributed by atoms with van der Waals surface area (Å²) in [6.45, 7) is 3.81. The first kappa shape index (κ1) is 14.6. The molecule has 1 aliphatic rings. The fourth-order valence-corrected chi connectivity index (χ4v) is 4.40. The number of rotatable bonds is 5. The summed E-state index contributed by atoms with van der Waals surface area (Å²) in [7, 11) is 0. The third kappa shape index (κ3) is 3.47. The second-order valence-electron chi connectivity index (χ2n) is 5.01. The number of hydrogen-bond acceptors (Lipinski definition) is 3. The van der Waals surface area contributed by atoms with Crippen molar-refractivity contribution in [2.24, 2.45) is 0 Å². The van der Waals surface area contributed by atoms with Gasteiger partial charge in [-0.2, -0.15) is 11.8 Å². The number of fused-ring (bicyclic) bond motifs is 1. The van der Waals surface area contributed by atoms with Crippen molar-refractivity contribution >= 4 is 29.2 Å². The van der Waals surface area contributed by atoms with Crippen LogP contribution in [0.15, 0.2) is 66.1 Å². The molecule has 0 bridgehead atoms. The van der Waals surface area contributed by atoms with E-state index in [1.165, 1.54) is 21.7 Å². The SMILES string of the molecule is C=CCSc1ccccc1NC1CSCc2ccccc21. The molecule has 2 aromatic carbocycles. The van der Waals surface area contributed by atoms with Crippen molar-refractivity contribution in [2.75, 3.05) is 16.8 Å². The van der Waals surface area contributed by atoms with Crippen LogP contribution in [0.4, 0.5) is 5.69 Å². The van der Waals surface area contributed by atoms with Gasteiger partial charge in [-0.1, -0.05) is 42.5 Å². The monoisotopic (exact) mass is 313 g/mol. The second-order valence-corrected chi connectivity index (χ2v) is 7.10. The van der Waals surface area contributed by atoms with Crippen molar-refractivity contribution in [2.45, 2.75) is 16.7 Å². The lowest BCUT2D eigenvalue weighted by Gasteiger charge is -2.27. The van der Waals surface area contributed by atoms with Crippen molar-refractivity contribution in [3.63, 3.8) is 0 Å². The van der Waals surface area contributed by atoms with Gasteiger partial charge in [0.05, 0.1) is 6.04 Å². The van der Waals surface area contributed by atoms with E-state index < -0.39 is 0 Å². The minimum atomic E-state index is 0.394. The number of nitrogens with one attached hydrogen (secondary N) is 1. The molecule has 3 heteroatoms. The molecule has 0 fully saturated rings. The fraction of sp³-hybridized carbons (Fsp3) is 0.222. The van der Waals surface area contributed by atoms with E-state index in [-0.39, 0.29) is 0 Å². The van der Waals surface area contributed by atoms with Crippen molar-refractivity contribution in [3.05, 3.63) is 72.3 Å². The molecule has 2 aromatic rings. The van der Waals surface area contributed by atoms with Crippen LogP contribution in [0.25, 0.3) is 0 Å². The minimum Gasteiger partial charge on any atom is -0.376 e. The zero-order valence-electron chi connectivity index (χ0n) is 11.9. The highest BCUT2D eigenvalue weighted by molar-refractivity contribution is 7.99. The molecule has 1 atom stereocenters. The topological polar surface area (TPSA) is 12.0 Å². The molecule has 21 heavy (non-hydrogen) atoms. The second kappa shape index (κ2) is 7.10. The highest BCUT2D eigenvalue weighted by atomic mass is 32.2. The average molecular weight is 313 g/mol. The molecular weight excluding hydrogens is 294 g/mol. The van der Waals surface area contributed by atoms with Crippen molar-refractivity contribution in [1.82, 2.24) is 0 Å². The minimum absolute atomic E-state index is 0.394. The van der Waals surface area contributed by atoms with E-state index in [1.807, 2.05) is 29.6 Å². The molecule has 1 aliphatic heterocycles. The predicted molar refractivity (Wildman–Crippen MR) is 96.3 cm³/mol. The standard InChI is InChI=1S/C18H19NS2/c1-2-11-21-18-10-6-5-9-16(18)19-17-13-20-12-14-7-3-4-8-15(14)17/h2-10,17,19H,1,11-13H2. The van der Waals surface area contributed by atoms with E-state index in [0.29, 0.717) is 6.04 Å². The third-order valence-electron chi connectivity index (χ3n) is 3.55. The molecule has 0 aliphatic carbocycles. The van der Waals surface area contributed by atoms with E-state index in [4.69, 9.17) is 0 Å². The van der Waals surface area contributed by atoms with Crippen LogP contribution >= 0.6 is 23.5 Å². The number of thioether (sulfide) groups is 2. The molecule has 1 unspecified atom stereocenters. The zero-order valence-corrected chi connectivity index (χ0v) is 13.6. The first-order chi connectivity index (χ1) is 10.4. The summed E-state index contributed by atoms with van der Waals surface area (Å²) in [5, 5.41) is 3.74. The summed E-state index contributed by atoms with van der Waals surface area (Å²) in [6.07, 6.45) is 1.95. The third-order valence-corrected chi connectivity index (χ3v) is 5.70. The van der Waals surface area contributed by atoms with Crippen molar-refractivity contribution in [3.8, 4) is 0 Å². The Balaban J connectivity index is 1.83. The Morgan fingerprint density at radius 1 is 1.19 bits per heavy atom. The normalized spacial score (nSPS) is 17.0. The first-order valence-corrected chi connectivity index (χ1v) is 9.27. The fourth-order valence-electron chi connectivity index (χ4n) is 2.55. The maximum Gasteiger partial charge on any atom is 0.0607 e. The highest BCUT2D eigenvalue weighted by Gasteiger charge is 2.20. The largest absolute Gasteiger partial charge is 0.376 e. The quantitative estimate of drug-likeness (QED) is 0.589. The van der Waals surface area contributed by atoms with Gasteiger partial charge in [0.15, 0.2) is 0 Å². The molecule has 1 nitrogen and oxygen atoms in total. The van der Waals surface area contributed by atoms with Crippen LogP contribution in [-0.2, 0) is 5.75 Å². The van der Waals surface area contributed by atoms with E-state index in [1.54, 1.807) is 0 Å². The molecule has 0 saturated carbocycles. The predicted octanol–water partition coefficient (Wildman–Crippen LogP) is 5.36. The summed E-state index contributed by atoms with van der Waals surface area (Å²) in [5.74, 6) is 3.19. The zero-order chi connectivity index (χ0) is 14.5. The van der Waals surface area contributed by atoms with Gasteiger partial charge in [0.2, 0.25) is 0 Å². The van der Waals surface area contributed by atoms with E-state index in [0.717, 1.165) is 17.3 Å². The molecule has 1 heterocycles. The van der Waals surface area contributed by atoms with Gasteiger partial charge in [0, 0.05) is 27.8 Å². The van der Waals surface area contributed by atoms with Gasteiger partial charge in [-0.25, -0.2) is 0 Å². The van der Waals surface area contributed by atoms with Gasteiger partial charge in [-0.15, -0.1) is 18.3 Å². The van der Waals surface area contributed by atoms with Crippen LogP contribution in [0.5, 0.6) is 0 Å². The maximum atomic E-state index is 3.81.